The van der Waals surface area contributed by atoms with Crippen LogP contribution in [-0.2, 0) is 15.9 Å². The SMILES string of the molecule is CC(C)(C)OC(=O)N1C/C=C/CCCCOc2c(cnn(-c3cccc(Cl)c3)c2=O)N2CCN(CC2)S1=O. The van der Waals surface area contributed by atoms with Crippen molar-refractivity contribution in [1.29, 1.82) is 0 Å². The molecule has 3 aliphatic rings. The summed E-state index contributed by atoms with van der Waals surface area (Å²) < 4.78 is 29.3. The fourth-order valence-electron chi connectivity index (χ4n) is 4.15. The van der Waals surface area contributed by atoms with E-state index < -0.39 is 22.9 Å². The van der Waals surface area contributed by atoms with Gasteiger partial charge in [-0.05, 0) is 58.2 Å². The summed E-state index contributed by atoms with van der Waals surface area (Å²) in [5.74, 6) is 0.229. The van der Waals surface area contributed by atoms with Crippen molar-refractivity contribution >= 4 is 34.6 Å². The van der Waals surface area contributed by atoms with E-state index in [4.69, 9.17) is 21.1 Å². The van der Waals surface area contributed by atoms with Gasteiger partial charge in [-0.15, -0.1) is 0 Å². The maximum absolute atomic E-state index is 13.5. The van der Waals surface area contributed by atoms with Crippen LogP contribution in [0.15, 0.2) is 47.4 Å². The first-order chi connectivity index (χ1) is 18.1. The second-order valence-electron chi connectivity index (χ2n) is 10.1. The molecule has 38 heavy (non-hydrogen) atoms. The molecule has 1 aromatic heterocycles. The van der Waals surface area contributed by atoms with Crippen LogP contribution in [0.3, 0.4) is 0 Å². The first-order valence-corrected chi connectivity index (χ1v) is 14.2. The van der Waals surface area contributed by atoms with Crippen molar-refractivity contribution < 1.29 is 18.5 Å². The summed E-state index contributed by atoms with van der Waals surface area (Å²) in [5, 5.41) is 4.91. The Kier molecular flexibility index (Phi) is 9.11. The Morgan fingerprint density at radius 1 is 1.13 bits per heavy atom. The number of allylic oxidation sites excluding steroid dienone is 1. The van der Waals surface area contributed by atoms with E-state index in [1.807, 2.05) is 17.1 Å². The molecule has 10 nitrogen and oxygen atoms in total. The van der Waals surface area contributed by atoms with Crippen LogP contribution in [0.1, 0.15) is 40.0 Å². The number of fused-ring (bicyclic) bond motifs is 10. The molecule has 1 aromatic carbocycles. The van der Waals surface area contributed by atoms with Gasteiger partial charge in [0.25, 0.3) is 0 Å². The highest BCUT2D eigenvalue weighted by Gasteiger charge is 2.32. The maximum atomic E-state index is 13.5. The van der Waals surface area contributed by atoms with Crippen molar-refractivity contribution in [3.8, 4) is 11.4 Å². The van der Waals surface area contributed by atoms with Crippen molar-refractivity contribution in [3.63, 3.8) is 0 Å². The summed E-state index contributed by atoms with van der Waals surface area (Å²) in [4.78, 5) is 28.4. The molecular formula is C26H34ClN5O5S. The van der Waals surface area contributed by atoms with E-state index in [1.54, 1.807) is 55.5 Å². The molecule has 2 bridgehead atoms. The van der Waals surface area contributed by atoms with Gasteiger partial charge in [-0.1, -0.05) is 29.8 Å². The van der Waals surface area contributed by atoms with Gasteiger partial charge in [0.2, 0.25) is 16.9 Å². The zero-order valence-electron chi connectivity index (χ0n) is 22.0. The van der Waals surface area contributed by atoms with E-state index >= 15 is 0 Å². The average molecular weight is 564 g/mol. The normalized spacial score (nSPS) is 21.9. The lowest BCUT2D eigenvalue weighted by Crippen LogP contribution is -2.52. The van der Waals surface area contributed by atoms with Gasteiger partial charge in [0.05, 0.1) is 25.0 Å². The number of halogens is 1. The number of anilines is 1. The number of hydrogen-bond acceptors (Lipinski definition) is 7. The Morgan fingerprint density at radius 2 is 1.89 bits per heavy atom. The minimum atomic E-state index is -1.73. The first-order valence-electron chi connectivity index (χ1n) is 12.7. The average Bonchev–Trinajstić information content (AvgIpc) is 2.86. The van der Waals surface area contributed by atoms with E-state index in [0.29, 0.717) is 49.2 Å². The molecule has 0 aliphatic carbocycles. The second kappa shape index (κ2) is 12.3. The summed E-state index contributed by atoms with van der Waals surface area (Å²) in [5.41, 5.74) is 0.0735. The van der Waals surface area contributed by atoms with Crippen molar-refractivity contribution in [3.05, 3.63) is 58.0 Å². The van der Waals surface area contributed by atoms with Crippen molar-refractivity contribution in [2.24, 2.45) is 0 Å². The van der Waals surface area contributed by atoms with Gasteiger partial charge < -0.3 is 14.4 Å². The zero-order valence-corrected chi connectivity index (χ0v) is 23.5. The van der Waals surface area contributed by atoms with Crippen LogP contribution in [0, 0.1) is 0 Å². The monoisotopic (exact) mass is 563 g/mol. The topological polar surface area (TPSA) is 97.2 Å². The highest BCUT2D eigenvalue weighted by molar-refractivity contribution is 7.80. The third-order valence-corrected chi connectivity index (χ3v) is 7.72. The van der Waals surface area contributed by atoms with E-state index in [2.05, 4.69) is 5.10 Å². The van der Waals surface area contributed by atoms with Crippen LogP contribution < -0.4 is 15.2 Å². The Balaban J connectivity index is 1.62. The highest BCUT2D eigenvalue weighted by atomic mass is 35.5. The van der Waals surface area contributed by atoms with Gasteiger partial charge in [0.15, 0.2) is 0 Å². The summed E-state index contributed by atoms with van der Waals surface area (Å²) in [6.45, 7) is 7.69. The molecule has 1 amide bonds. The van der Waals surface area contributed by atoms with Crippen LogP contribution in [0.25, 0.3) is 5.69 Å². The van der Waals surface area contributed by atoms with Gasteiger partial charge >= 0.3 is 11.7 Å². The molecule has 0 saturated carbocycles. The number of hydrogen-bond donors (Lipinski definition) is 0. The number of rotatable bonds is 1. The fourth-order valence-corrected chi connectivity index (χ4v) is 5.47. The minimum Gasteiger partial charge on any atom is -0.486 e. The fraction of sp³-hybridized carbons (Fsp3) is 0.500. The van der Waals surface area contributed by atoms with Crippen molar-refractivity contribution in [1.82, 2.24) is 18.4 Å². The summed E-state index contributed by atoms with van der Waals surface area (Å²) in [7, 11) is 0. The first kappa shape index (κ1) is 28.1. The van der Waals surface area contributed by atoms with Crippen LogP contribution in [0.4, 0.5) is 10.5 Å². The zero-order chi connectivity index (χ0) is 27.3. The predicted molar refractivity (Wildman–Crippen MR) is 148 cm³/mol. The van der Waals surface area contributed by atoms with Crippen molar-refractivity contribution in [2.45, 2.75) is 45.6 Å². The lowest BCUT2D eigenvalue weighted by molar-refractivity contribution is 0.0403. The Bertz CT molecular complexity index is 1250. The molecule has 206 valence electrons. The molecule has 4 heterocycles. The molecule has 12 heteroatoms. The smallest absolute Gasteiger partial charge is 0.423 e. The molecule has 2 aromatic rings. The summed E-state index contributed by atoms with van der Waals surface area (Å²) in [6.07, 6.45) is 7.13. The molecule has 1 atom stereocenters. The number of carbonyl (C=O) groups is 1. The van der Waals surface area contributed by atoms with Crippen LogP contribution in [0.2, 0.25) is 5.02 Å². The Hall–Kier alpha value is -2.89. The van der Waals surface area contributed by atoms with Gasteiger partial charge in [0.1, 0.15) is 11.3 Å². The van der Waals surface area contributed by atoms with Gasteiger partial charge in [-0.2, -0.15) is 9.78 Å². The number of carbonyl (C=O) groups excluding carboxylic acids is 1. The number of amides is 1. The van der Waals surface area contributed by atoms with Gasteiger partial charge in [0, 0.05) is 31.2 Å². The lowest BCUT2D eigenvalue weighted by Gasteiger charge is -2.37. The quantitative estimate of drug-likeness (QED) is 0.485. The summed E-state index contributed by atoms with van der Waals surface area (Å²) >= 11 is 4.41. The number of nitrogens with zero attached hydrogens (tertiary/aromatic N) is 5. The largest absolute Gasteiger partial charge is 0.486 e. The second-order valence-corrected chi connectivity index (χ2v) is 11.9. The number of aromatic nitrogens is 2. The molecule has 5 rings (SSSR count). The van der Waals surface area contributed by atoms with Gasteiger partial charge in [-0.3, -0.25) is 4.79 Å². The van der Waals surface area contributed by atoms with E-state index in [1.165, 1.54) is 8.99 Å². The molecule has 0 N–H and O–H groups in total. The van der Waals surface area contributed by atoms with Gasteiger partial charge in [-0.25, -0.2) is 17.6 Å². The number of benzene rings is 1. The Morgan fingerprint density at radius 3 is 2.61 bits per heavy atom. The molecule has 0 spiro atoms. The predicted octanol–water partition coefficient (Wildman–Crippen LogP) is 3.94. The molecule has 0 radical (unpaired) electrons. The van der Waals surface area contributed by atoms with Crippen LogP contribution in [0.5, 0.6) is 5.75 Å². The highest BCUT2D eigenvalue weighted by Crippen LogP contribution is 2.27. The van der Waals surface area contributed by atoms with E-state index in [-0.39, 0.29) is 17.9 Å². The number of ether oxygens (including phenoxy) is 2. The van der Waals surface area contributed by atoms with Crippen LogP contribution in [-0.4, -0.2) is 73.6 Å². The standard InChI is InChI=1S/C26H34ClN5O5S/c1-26(2,3)37-25(34)31-12-7-5-4-6-8-17-36-23-22(29-13-15-30(16-14-29)38(31)35)19-28-32(24(23)33)21-11-9-10-20(27)18-21/h5,7,9-11,18-19H,4,6,8,12-17H2,1-3H3/b7-5+. The molecule has 1 fully saturated rings. The van der Waals surface area contributed by atoms with Crippen molar-refractivity contribution in [2.75, 3.05) is 44.2 Å². The third-order valence-electron chi connectivity index (χ3n) is 6.00. The van der Waals surface area contributed by atoms with E-state index in [0.717, 1.165) is 19.3 Å². The number of piperazine rings is 1. The van der Waals surface area contributed by atoms with Crippen LogP contribution >= 0.6 is 11.6 Å². The maximum Gasteiger partial charge on any atom is 0.423 e. The molecule has 1 unspecified atom stereocenters. The summed E-state index contributed by atoms with van der Waals surface area (Å²) in [6, 6.07) is 6.93. The van der Waals surface area contributed by atoms with E-state index in [9.17, 15) is 13.8 Å². The molecule has 1 saturated heterocycles. The lowest BCUT2D eigenvalue weighted by atomic mass is 10.2. The molecular weight excluding hydrogens is 530 g/mol. The third kappa shape index (κ3) is 6.95. The minimum absolute atomic E-state index is 0.189. The Labute approximate surface area is 230 Å². The molecule has 3 aliphatic heterocycles.